The van der Waals surface area contributed by atoms with Crippen molar-refractivity contribution < 1.29 is 10.2 Å². The van der Waals surface area contributed by atoms with Crippen molar-refractivity contribution in [2.45, 2.75) is 47.4 Å². The van der Waals surface area contributed by atoms with Crippen molar-refractivity contribution in [2.24, 2.45) is 5.73 Å². The zero-order valence-electron chi connectivity index (χ0n) is 17.6. The second-order valence-corrected chi connectivity index (χ2v) is 9.54. The molecule has 4 N–H and O–H groups in total. The summed E-state index contributed by atoms with van der Waals surface area (Å²) in [7, 11) is 0. The predicted octanol–water partition coefficient (Wildman–Crippen LogP) is 5.28. The lowest BCUT2D eigenvalue weighted by Crippen LogP contribution is -2.44. The lowest BCUT2D eigenvalue weighted by molar-refractivity contribution is 0.149. The minimum atomic E-state index is -0.772. The number of halogens is 1. The number of hydrogen-bond acceptors (Lipinski definition) is 4. The minimum Gasteiger partial charge on any atom is -0.396 e. The van der Waals surface area contributed by atoms with Crippen LogP contribution in [0.3, 0.4) is 0 Å². The molecule has 0 aliphatic heterocycles. The Balaban J connectivity index is 1.60. The number of aliphatic hydroxyl groups excluding tert-OH is 2. The van der Waals surface area contributed by atoms with Gasteiger partial charge in [-0.25, -0.2) is 0 Å². The van der Waals surface area contributed by atoms with Gasteiger partial charge in [0.05, 0.1) is 6.61 Å². The van der Waals surface area contributed by atoms with E-state index in [1.54, 1.807) is 11.8 Å². The molecule has 0 amide bonds. The number of aliphatic hydroxyl groups is 2. The molecular weight excluding hydrogens is 426 g/mol. The van der Waals surface area contributed by atoms with E-state index in [1.807, 2.05) is 18.2 Å². The Bertz CT molecular complexity index is 967. The van der Waals surface area contributed by atoms with Gasteiger partial charge in [0.15, 0.2) is 0 Å². The third-order valence-corrected chi connectivity index (χ3v) is 6.85. The monoisotopic (exact) mass is 455 g/mol. The topological polar surface area (TPSA) is 66.5 Å². The van der Waals surface area contributed by atoms with Gasteiger partial charge in [-0.15, -0.1) is 0 Å². The van der Waals surface area contributed by atoms with Crippen LogP contribution in [0.25, 0.3) is 0 Å². The predicted molar refractivity (Wildman–Crippen MR) is 130 cm³/mol. The molecule has 0 fully saturated rings. The van der Waals surface area contributed by atoms with Crippen molar-refractivity contribution in [3.8, 4) is 0 Å². The van der Waals surface area contributed by atoms with Crippen molar-refractivity contribution in [2.75, 3.05) is 13.2 Å². The Morgan fingerprint density at radius 1 is 0.774 bits per heavy atom. The lowest BCUT2D eigenvalue weighted by Gasteiger charge is -2.26. The summed E-state index contributed by atoms with van der Waals surface area (Å²) in [6, 6.07) is 25.3. The zero-order chi connectivity index (χ0) is 22.1. The number of aryl methyl sites for hydroxylation is 3. The first-order valence-electron chi connectivity index (χ1n) is 10.6. The van der Waals surface area contributed by atoms with Crippen molar-refractivity contribution in [1.82, 2.24) is 0 Å². The zero-order valence-corrected chi connectivity index (χ0v) is 19.2. The van der Waals surface area contributed by atoms with Gasteiger partial charge in [-0.05, 0) is 73.1 Å². The molecule has 3 rings (SSSR count). The normalized spacial score (nSPS) is 13.2. The molecule has 0 spiro atoms. The molecule has 3 nitrogen and oxygen atoms in total. The second kappa shape index (κ2) is 11.7. The van der Waals surface area contributed by atoms with E-state index in [0.717, 1.165) is 23.3 Å². The van der Waals surface area contributed by atoms with Gasteiger partial charge in [0, 0.05) is 27.0 Å². The fraction of sp³-hybridized carbons (Fsp3) is 0.308. The van der Waals surface area contributed by atoms with Crippen molar-refractivity contribution in [3.63, 3.8) is 0 Å². The van der Waals surface area contributed by atoms with Gasteiger partial charge in [0.25, 0.3) is 0 Å². The average Bonchev–Trinajstić information content (AvgIpc) is 2.78. The third kappa shape index (κ3) is 7.37. The van der Waals surface area contributed by atoms with Gasteiger partial charge in [0.2, 0.25) is 0 Å². The highest BCUT2D eigenvalue weighted by Crippen LogP contribution is 2.32. The van der Waals surface area contributed by atoms with Crippen molar-refractivity contribution in [1.29, 1.82) is 0 Å². The molecule has 0 radical (unpaired) electrons. The summed E-state index contributed by atoms with van der Waals surface area (Å²) in [5.74, 6) is 0. The summed E-state index contributed by atoms with van der Waals surface area (Å²) >= 11 is 8.23. The summed E-state index contributed by atoms with van der Waals surface area (Å²) in [5, 5.41) is 19.4. The molecule has 5 heteroatoms. The molecule has 0 saturated carbocycles. The molecule has 0 aliphatic carbocycles. The summed E-state index contributed by atoms with van der Waals surface area (Å²) in [6.45, 7) is -0.190. The van der Waals surface area contributed by atoms with Gasteiger partial charge in [-0.1, -0.05) is 71.9 Å². The van der Waals surface area contributed by atoms with Crippen LogP contribution in [0.15, 0.2) is 82.6 Å². The van der Waals surface area contributed by atoms with Gasteiger partial charge >= 0.3 is 0 Å². The second-order valence-electron chi connectivity index (χ2n) is 7.98. The third-order valence-electron chi connectivity index (χ3n) is 5.52. The summed E-state index contributed by atoms with van der Waals surface area (Å²) < 4.78 is 0. The van der Waals surface area contributed by atoms with Gasteiger partial charge < -0.3 is 15.9 Å². The quantitative estimate of drug-likeness (QED) is 0.368. The van der Waals surface area contributed by atoms with E-state index < -0.39 is 5.54 Å². The summed E-state index contributed by atoms with van der Waals surface area (Å²) in [6.07, 6.45) is 3.64. The van der Waals surface area contributed by atoms with Crippen LogP contribution in [0.2, 0.25) is 5.02 Å². The van der Waals surface area contributed by atoms with Crippen LogP contribution in [0, 0.1) is 0 Å². The first kappa shape index (κ1) is 23.8. The molecule has 0 aromatic heterocycles. The maximum atomic E-state index is 9.52. The Hall–Kier alpha value is -1.82. The number of benzene rings is 3. The molecule has 0 bridgehead atoms. The van der Waals surface area contributed by atoms with Crippen LogP contribution >= 0.6 is 23.4 Å². The van der Waals surface area contributed by atoms with Crippen LogP contribution in [0.1, 0.15) is 29.5 Å². The van der Waals surface area contributed by atoms with Crippen molar-refractivity contribution in [3.05, 3.63) is 94.5 Å². The largest absolute Gasteiger partial charge is 0.396 e. The van der Waals surface area contributed by atoms with Crippen LogP contribution in [-0.2, 0) is 19.3 Å². The van der Waals surface area contributed by atoms with Crippen LogP contribution in [0.4, 0.5) is 0 Å². The van der Waals surface area contributed by atoms with E-state index in [-0.39, 0.29) is 13.2 Å². The fourth-order valence-electron chi connectivity index (χ4n) is 3.52. The number of rotatable bonds is 11. The lowest BCUT2D eigenvalue weighted by atomic mass is 9.90. The fourth-order valence-corrected chi connectivity index (χ4v) is 4.80. The molecular formula is C26H30ClNO2S. The van der Waals surface area contributed by atoms with Crippen LogP contribution in [-0.4, -0.2) is 29.0 Å². The van der Waals surface area contributed by atoms with E-state index in [1.165, 1.54) is 16.0 Å². The number of nitrogens with two attached hydrogens (primary N) is 1. The van der Waals surface area contributed by atoms with E-state index in [9.17, 15) is 5.11 Å². The minimum absolute atomic E-state index is 0.0369. The van der Waals surface area contributed by atoms with Crippen LogP contribution < -0.4 is 5.73 Å². The Labute approximate surface area is 194 Å². The molecule has 1 unspecified atom stereocenters. The van der Waals surface area contributed by atoms with E-state index in [2.05, 4.69) is 54.6 Å². The molecule has 0 saturated heterocycles. The molecule has 0 heterocycles. The molecule has 0 aliphatic rings. The standard InChI is InChI=1S/C26H30ClNO2S/c27-25-18-24(12-11-22(25)13-14-26(28,19-30)15-16-29)31-23-8-4-7-21(17-23)10-9-20-5-2-1-3-6-20/h1-8,11-12,17-18,29-30H,9-10,13-16,19,28H2. The number of hydrogen-bond donors (Lipinski definition) is 3. The Kier molecular flexibility index (Phi) is 9.00. The molecule has 1 atom stereocenters. The maximum Gasteiger partial charge on any atom is 0.0612 e. The SMILES string of the molecule is NC(CO)(CCO)CCc1ccc(Sc2cccc(CCc3ccccc3)c2)cc1Cl. The summed E-state index contributed by atoms with van der Waals surface area (Å²) in [4.78, 5) is 2.28. The van der Waals surface area contributed by atoms with Gasteiger partial charge in [-0.2, -0.15) is 0 Å². The van der Waals surface area contributed by atoms with Crippen LogP contribution in [0.5, 0.6) is 0 Å². The smallest absolute Gasteiger partial charge is 0.0612 e. The first-order chi connectivity index (χ1) is 15.0. The summed E-state index contributed by atoms with van der Waals surface area (Å²) in [5.41, 5.74) is 9.06. The van der Waals surface area contributed by atoms with E-state index in [4.69, 9.17) is 22.4 Å². The molecule has 164 valence electrons. The van der Waals surface area contributed by atoms with Crippen molar-refractivity contribution >= 4 is 23.4 Å². The molecule has 3 aromatic carbocycles. The highest BCUT2D eigenvalue weighted by molar-refractivity contribution is 7.99. The molecule has 3 aromatic rings. The van der Waals surface area contributed by atoms with Gasteiger partial charge in [-0.3, -0.25) is 0 Å². The highest BCUT2D eigenvalue weighted by atomic mass is 35.5. The van der Waals surface area contributed by atoms with E-state index in [0.29, 0.717) is 24.3 Å². The van der Waals surface area contributed by atoms with E-state index >= 15 is 0 Å². The molecule has 31 heavy (non-hydrogen) atoms. The van der Waals surface area contributed by atoms with Gasteiger partial charge in [0.1, 0.15) is 0 Å². The average molecular weight is 456 g/mol. The maximum absolute atomic E-state index is 9.52. The Morgan fingerprint density at radius 3 is 2.19 bits per heavy atom. The first-order valence-corrected chi connectivity index (χ1v) is 11.8. The Morgan fingerprint density at radius 2 is 1.48 bits per heavy atom. The highest BCUT2D eigenvalue weighted by Gasteiger charge is 2.23.